The monoisotopic (exact) mass is 356 g/mol. The lowest BCUT2D eigenvalue weighted by Crippen LogP contribution is -2.12. The van der Waals surface area contributed by atoms with Crippen molar-refractivity contribution in [2.45, 2.75) is 0 Å². The summed E-state index contributed by atoms with van der Waals surface area (Å²) >= 11 is 0. The van der Waals surface area contributed by atoms with Crippen molar-refractivity contribution in [3.63, 3.8) is 0 Å². The molecule has 3 aromatic rings. The lowest BCUT2D eigenvalue weighted by molar-refractivity contribution is 0.0997. The quantitative estimate of drug-likeness (QED) is 0.731. The molecule has 0 fully saturated rings. The van der Waals surface area contributed by atoms with Crippen molar-refractivity contribution < 1.29 is 17.6 Å². The zero-order chi connectivity index (χ0) is 17.9. The molecule has 2 aromatic carbocycles. The molecule has 7 heteroatoms. The first-order valence-electron chi connectivity index (χ1n) is 7.44. The first-order chi connectivity index (χ1) is 11.9. The molecule has 0 saturated carbocycles. The van der Waals surface area contributed by atoms with E-state index < -0.39 is 10.0 Å². The molecule has 2 N–H and O–H groups in total. The molecule has 0 bridgehead atoms. The van der Waals surface area contributed by atoms with Gasteiger partial charge in [-0.1, -0.05) is 30.3 Å². The Morgan fingerprint density at radius 1 is 0.920 bits per heavy atom. The minimum absolute atomic E-state index is 0.213. The lowest BCUT2D eigenvalue weighted by Gasteiger charge is -2.07. The number of anilines is 2. The van der Waals surface area contributed by atoms with Crippen LogP contribution in [-0.4, -0.2) is 20.6 Å². The third-order valence-electron chi connectivity index (χ3n) is 3.40. The van der Waals surface area contributed by atoms with Crippen LogP contribution in [-0.2, 0) is 10.0 Å². The van der Waals surface area contributed by atoms with Crippen LogP contribution < -0.4 is 10.0 Å². The predicted molar refractivity (Wildman–Crippen MR) is 97.0 cm³/mol. The molecule has 1 aromatic heterocycles. The SMILES string of the molecule is CS(=O)(=O)Nc1ccc(NC(=O)c2occc2-c2ccccc2)cc1. The van der Waals surface area contributed by atoms with E-state index in [4.69, 9.17) is 4.42 Å². The van der Waals surface area contributed by atoms with E-state index in [1.807, 2.05) is 30.3 Å². The molecular weight excluding hydrogens is 340 g/mol. The van der Waals surface area contributed by atoms with Gasteiger partial charge in [0.1, 0.15) is 0 Å². The second-order valence-corrected chi connectivity index (χ2v) is 7.18. The smallest absolute Gasteiger partial charge is 0.292 e. The third kappa shape index (κ3) is 4.27. The minimum Gasteiger partial charge on any atom is -0.459 e. The van der Waals surface area contributed by atoms with Crippen LogP contribution in [0.1, 0.15) is 10.6 Å². The number of furan rings is 1. The van der Waals surface area contributed by atoms with Crippen LogP contribution in [0, 0.1) is 0 Å². The lowest BCUT2D eigenvalue weighted by atomic mass is 10.1. The molecule has 1 amide bonds. The van der Waals surface area contributed by atoms with E-state index in [1.165, 1.54) is 6.26 Å². The van der Waals surface area contributed by atoms with Crippen LogP contribution >= 0.6 is 0 Å². The molecule has 128 valence electrons. The molecule has 0 unspecified atom stereocenters. The number of hydrogen-bond donors (Lipinski definition) is 2. The summed E-state index contributed by atoms with van der Waals surface area (Å²) < 4.78 is 30.1. The first kappa shape index (κ1) is 16.8. The van der Waals surface area contributed by atoms with Crippen LogP contribution in [0.4, 0.5) is 11.4 Å². The fourth-order valence-corrected chi connectivity index (χ4v) is 2.92. The Kier molecular flexibility index (Phi) is 4.58. The van der Waals surface area contributed by atoms with Gasteiger partial charge in [0.05, 0.1) is 12.5 Å². The van der Waals surface area contributed by atoms with Crippen molar-refractivity contribution >= 4 is 27.3 Å². The average Bonchev–Trinajstić information content (AvgIpc) is 3.06. The van der Waals surface area contributed by atoms with Crippen LogP contribution in [0.15, 0.2) is 71.3 Å². The van der Waals surface area contributed by atoms with Crippen LogP contribution in [0.5, 0.6) is 0 Å². The topological polar surface area (TPSA) is 88.4 Å². The van der Waals surface area contributed by atoms with Gasteiger partial charge in [-0.3, -0.25) is 9.52 Å². The van der Waals surface area contributed by atoms with Crippen molar-refractivity contribution in [3.8, 4) is 11.1 Å². The van der Waals surface area contributed by atoms with Gasteiger partial charge in [0, 0.05) is 16.9 Å². The molecule has 0 aliphatic carbocycles. The van der Waals surface area contributed by atoms with Gasteiger partial charge in [0.15, 0.2) is 5.76 Å². The number of amides is 1. The Hall–Kier alpha value is -3.06. The number of rotatable bonds is 5. The maximum Gasteiger partial charge on any atom is 0.292 e. The van der Waals surface area contributed by atoms with E-state index in [-0.39, 0.29) is 11.7 Å². The Labute approximate surface area is 145 Å². The maximum absolute atomic E-state index is 12.5. The highest BCUT2D eigenvalue weighted by atomic mass is 32.2. The van der Waals surface area contributed by atoms with Crippen molar-refractivity contribution in [2.24, 2.45) is 0 Å². The van der Waals surface area contributed by atoms with Gasteiger partial charge in [0.25, 0.3) is 5.91 Å². The summed E-state index contributed by atoms with van der Waals surface area (Å²) in [4.78, 5) is 12.5. The fraction of sp³-hybridized carbons (Fsp3) is 0.0556. The Balaban J connectivity index is 1.76. The van der Waals surface area contributed by atoms with Crippen molar-refractivity contribution in [1.29, 1.82) is 0 Å². The largest absolute Gasteiger partial charge is 0.459 e. The maximum atomic E-state index is 12.5. The molecule has 0 radical (unpaired) electrons. The molecule has 25 heavy (non-hydrogen) atoms. The van der Waals surface area contributed by atoms with E-state index in [0.717, 1.165) is 11.8 Å². The van der Waals surface area contributed by atoms with Crippen LogP contribution in [0.25, 0.3) is 11.1 Å². The predicted octanol–water partition coefficient (Wildman–Crippen LogP) is 3.57. The summed E-state index contributed by atoms with van der Waals surface area (Å²) in [6.45, 7) is 0. The highest BCUT2D eigenvalue weighted by molar-refractivity contribution is 7.92. The molecule has 0 aliphatic rings. The van der Waals surface area contributed by atoms with Crippen molar-refractivity contribution in [2.75, 3.05) is 16.3 Å². The minimum atomic E-state index is -3.34. The van der Waals surface area contributed by atoms with E-state index in [2.05, 4.69) is 10.0 Å². The molecule has 3 rings (SSSR count). The second kappa shape index (κ2) is 6.82. The van der Waals surface area contributed by atoms with Gasteiger partial charge in [-0.15, -0.1) is 0 Å². The number of hydrogen-bond acceptors (Lipinski definition) is 4. The third-order valence-corrected chi connectivity index (χ3v) is 4.01. The molecular formula is C18H16N2O4S. The number of benzene rings is 2. The summed E-state index contributed by atoms with van der Waals surface area (Å²) in [5, 5.41) is 2.73. The number of sulfonamides is 1. The van der Waals surface area contributed by atoms with Gasteiger partial charge in [0.2, 0.25) is 10.0 Å². The summed E-state index contributed by atoms with van der Waals surface area (Å²) in [5.74, 6) is -0.169. The van der Waals surface area contributed by atoms with E-state index >= 15 is 0 Å². The standard InChI is InChI=1S/C18H16N2O4S/c1-25(22,23)20-15-9-7-14(8-10-15)19-18(21)17-16(11-12-24-17)13-5-3-2-4-6-13/h2-12,20H,1H3,(H,19,21). The molecule has 6 nitrogen and oxygen atoms in total. The highest BCUT2D eigenvalue weighted by Crippen LogP contribution is 2.25. The van der Waals surface area contributed by atoms with Crippen LogP contribution in [0.3, 0.4) is 0 Å². The zero-order valence-electron chi connectivity index (χ0n) is 13.4. The summed E-state index contributed by atoms with van der Waals surface area (Å²) in [5.41, 5.74) is 2.53. The molecule has 0 saturated heterocycles. The summed E-state index contributed by atoms with van der Waals surface area (Å²) in [6, 6.07) is 17.6. The van der Waals surface area contributed by atoms with Gasteiger partial charge in [-0.25, -0.2) is 8.42 Å². The first-order valence-corrected chi connectivity index (χ1v) is 9.34. The van der Waals surface area contributed by atoms with Gasteiger partial charge < -0.3 is 9.73 Å². The average molecular weight is 356 g/mol. The fourth-order valence-electron chi connectivity index (χ4n) is 2.35. The van der Waals surface area contributed by atoms with Crippen molar-refractivity contribution in [3.05, 3.63) is 72.7 Å². The summed E-state index contributed by atoms with van der Waals surface area (Å²) in [7, 11) is -3.34. The van der Waals surface area contributed by atoms with Gasteiger partial charge in [-0.05, 0) is 35.9 Å². The van der Waals surface area contributed by atoms with E-state index in [1.54, 1.807) is 30.3 Å². The normalized spacial score (nSPS) is 11.1. The number of carbonyl (C=O) groups is 1. The van der Waals surface area contributed by atoms with Crippen LogP contribution in [0.2, 0.25) is 0 Å². The molecule has 0 atom stereocenters. The molecule has 0 spiro atoms. The van der Waals surface area contributed by atoms with Gasteiger partial charge >= 0.3 is 0 Å². The second-order valence-electron chi connectivity index (χ2n) is 5.44. The summed E-state index contributed by atoms with van der Waals surface area (Å²) in [6.07, 6.45) is 2.54. The zero-order valence-corrected chi connectivity index (χ0v) is 14.2. The Bertz CT molecular complexity index is 977. The number of carbonyl (C=O) groups excluding carboxylic acids is 1. The molecule has 0 aliphatic heterocycles. The van der Waals surface area contributed by atoms with Crippen molar-refractivity contribution in [1.82, 2.24) is 0 Å². The molecule has 1 heterocycles. The Morgan fingerprint density at radius 3 is 2.20 bits per heavy atom. The van der Waals surface area contributed by atoms with E-state index in [9.17, 15) is 13.2 Å². The van der Waals surface area contributed by atoms with E-state index in [0.29, 0.717) is 16.9 Å². The van der Waals surface area contributed by atoms with Gasteiger partial charge in [-0.2, -0.15) is 0 Å². The Morgan fingerprint density at radius 2 is 1.56 bits per heavy atom. The highest BCUT2D eigenvalue weighted by Gasteiger charge is 2.16. The number of nitrogens with one attached hydrogen (secondary N) is 2.